The number of benzene rings is 1. The highest BCUT2D eigenvalue weighted by Crippen LogP contribution is 2.24. The van der Waals surface area contributed by atoms with Gasteiger partial charge in [-0.05, 0) is 37.1 Å². The van der Waals surface area contributed by atoms with Crippen LogP contribution in [0.5, 0.6) is 0 Å². The van der Waals surface area contributed by atoms with E-state index in [1.165, 1.54) is 9.87 Å². The highest BCUT2D eigenvalue weighted by molar-refractivity contribution is 7.89. The van der Waals surface area contributed by atoms with E-state index < -0.39 is 10.0 Å². The summed E-state index contributed by atoms with van der Waals surface area (Å²) in [7, 11) is -3.42. The molecule has 6 heteroatoms. The van der Waals surface area contributed by atoms with Crippen LogP contribution in [-0.2, 0) is 27.8 Å². The van der Waals surface area contributed by atoms with Crippen molar-refractivity contribution in [1.29, 1.82) is 0 Å². The summed E-state index contributed by atoms with van der Waals surface area (Å²) in [4.78, 5) is 0.390. The second-order valence-electron chi connectivity index (χ2n) is 5.61. The second kappa shape index (κ2) is 5.11. The van der Waals surface area contributed by atoms with Crippen LogP contribution < -0.4 is 5.32 Å². The molecule has 1 aromatic rings. The standard InChI is InChI=1S/C14H20N2O3S/c1-10-8-16(9-11(2)19-10)20(17,18)14-4-3-12-6-15-7-13(12)5-14/h3-5,10-11,15H,6-9H2,1-2H3. The number of sulfonamides is 1. The van der Waals surface area contributed by atoms with Gasteiger partial charge in [0.15, 0.2) is 0 Å². The number of hydrogen-bond donors (Lipinski definition) is 1. The molecule has 0 spiro atoms. The third-order valence-corrected chi connectivity index (χ3v) is 5.66. The lowest BCUT2D eigenvalue weighted by Crippen LogP contribution is -2.48. The zero-order chi connectivity index (χ0) is 14.3. The molecule has 0 aromatic heterocycles. The summed E-state index contributed by atoms with van der Waals surface area (Å²) < 4.78 is 32.6. The first kappa shape index (κ1) is 14.0. The Balaban J connectivity index is 1.91. The first-order valence-electron chi connectivity index (χ1n) is 6.95. The number of fused-ring (bicyclic) bond motifs is 1. The van der Waals surface area contributed by atoms with E-state index in [0.29, 0.717) is 18.0 Å². The molecule has 2 unspecified atom stereocenters. The molecule has 1 aromatic carbocycles. The zero-order valence-corrected chi connectivity index (χ0v) is 12.6. The highest BCUT2D eigenvalue weighted by Gasteiger charge is 2.32. The van der Waals surface area contributed by atoms with Crippen LogP contribution in [0.2, 0.25) is 0 Å². The van der Waals surface area contributed by atoms with Crippen molar-refractivity contribution in [3.8, 4) is 0 Å². The minimum atomic E-state index is -3.42. The fraction of sp³-hybridized carbons (Fsp3) is 0.571. The Kier molecular flexibility index (Phi) is 3.58. The molecule has 2 atom stereocenters. The number of hydrogen-bond acceptors (Lipinski definition) is 4. The maximum Gasteiger partial charge on any atom is 0.243 e. The van der Waals surface area contributed by atoms with Crippen molar-refractivity contribution in [2.45, 2.75) is 44.0 Å². The Morgan fingerprint density at radius 1 is 1.15 bits per heavy atom. The van der Waals surface area contributed by atoms with Crippen molar-refractivity contribution in [1.82, 2.24) is 9.62 Å². The number of nitrogens with zero attached hydrogens (tertiary/aromatic N) is 1. The van der Waals surface area contributed by atoms with Crippen molar-refractivity contribution >= 4 is 10.0 Å². The van der Waals surface area contributed by atoms with Crippen LogP contribution in [0, 0.1) is 0 Å². The Bertz CT molecular complexity index is 605. The lowest BCUT2D eigenvalue weighted by Gasteiger charge is -2.34. The molecule has 2 aliphatic heterocycles. The van der Waals surface area contributed by atoms with E-state index in [9.17, 15) is 8.42 Å². The summed E-state index contributed by atoms with van der Waals surface area (Å²) in [6.07, 6.45) is -0.130. The number of rotatable bonds is 2. The lowest BCUT2D eigenvalue weighted by atomic mass is 10.1. The van der Waals surface area contributed by atoms with Gasteiger partial charge in [-0.15, -0.1) is 0 Å². The maximum atomic E-state index is 12.7. The molecule has 110 valence electrons. The van der Waals surface area contributed by atoms with E-state index in [1.54, 1.807) is 12.1 Å². The molecule has 2 heterocycles. The van der Waals surface area contributed by atoms with Crippen LogP contribution in [0.3, 0.4) is 0 Å². The summed E-state index contributed by atoms with van der Waals surface area (Å²) in [6, 6.07) is 5.43. The zero-order valence-electron chi connectivity index (χ0n) is 11.8. The molecule has 0 radical (unpaired) electrons. The van der Waals surface area contributed by atoms with E-state index >= 15 is 0 Å². The average Bonchev–Trinajstić information content (AvgIpc) is 2.84. The first-order valence-corrected chi connectivity index (χ1v) is 8.39. The molecule has 20 heavy (non-hydrogen) atoms. The fourth-order valence-electron chi connectivity index (χ4n) is 2.91. The predicted octanol–water partition coefficient (Wildman–Crippen LogP) is 1.09. The molecule has 1 saturated heterocycles. The Hall–Kier alpha value is -0.950. The van der Waals surface area contributed by atoms with E-state index in [4.69, 9.17) is 4.74 Å². The molecule has 5 nitrogen and oxygen atoms in total. The normalized spacial score (nSPS) is 27.5. The second-order valence-corrected chi connectivity index (χ2v) is 7.55. The van der Waals surface area contributed by atoms with Crippen LogP contribution in [0.1, 0.15) is 25.0 Å². The van der Waals surface area contributed by atoms with Gasteiger partial charge in [0.05, 0.1) is 17.1 Å². The van der Waals surface area contributed by atoms with Crippen LogP contribution in [-0.4, -0.2) is 38.0 Å². The monoisotopic (exact) mass is 296 g/mol. The molecule has 1 N–H and O–H groups in total. The lowest BCUT2D eigenvalue weighted by molar-refractivity contribution is -0.0440. The van der Waals surface area contributed by atoms with Gasteiger partial charge < -0.3 is 10.1 Å². The molecular formula is C14H20N2O3S. The molecule has 2 aliphatic rings. The third-order valence-electron chi connectivity index (χ3n) is 3.83. The van der Waals surface area contributed by atoms with Crippen molar-refractivity contribution in [3.63, 3.8) is 0 Å². The van der Waals surface area contributed by atoms with E-state index in [2.05, 4.69) is 5.32 Å². The van der Waals surface area contributed by atoms with Gasteiger partial charge in [0.25, 0.3) is 0 Å². The number of ether oxygens (including phenoxy) is 1. The molecular weight excluding hydrogens is 276 g/mol. The van der Waals surface area contributed by atoms with Crippen molar-refractivity contribution in [2.75, 3.05) is 13.1 Å². The number of morpholine rings is 1. The molecule has 1 fully saturated rings. The van der Waals surface area contributed by atoms with Crippen molar-refractivity contribution < 1.29 is 13.2 Å². The maximum absolute atomic E-state index is 12.7. The summed E-state index contributed by atoms with van der Waals surface area (Å²) >= 11 is 0. The van der Waals surface area contributed by atoms with Gasteiger partial charge >= 0.3 is 0 Å². The van der Waals surface area contributed by atoms with E-state index in [1.807, 2.05) is 19.9 Å². The van der Waals surface area contributed by atoms with Gasteiger partial charge in [0.2, 0.25) is 10.0 Å². The molecule has 0 aliphatic carbocycles. The SMILES string of the molecule is CC1CN(S(=O)(=O)c2ccc3c(c2)CNC3)CC(C)O1. The van der Waals surface area contributed by atoms with Crippen molar-refractivity contribution in [2.24, 2.45) is 0 Å². The van der Waals surface area contributed by atoms with Gasteiger partial charge in [-0.2, -0.15) is 4.31 Å². The topological polar surface area (TPSA) is 58.6 Å². The van der Waals surface area contributed by atoms with Crippen LogP contribution in [0.4, 0.5) is 0 Å². The van der Waals surface area contributed by atoms with Gasteiger partial charge in [0.1, 0.15) is 0 Å². The largest absolute Gasteiger partial charge is 0.373 e. The molecule has 3 rings (SSSR count). The first-order chi connectivity index (χ1) is 9.46. The minimum absolute atomic E-state index is 0.0652. The summed E-state index contributed by atoms with van der Waals surface area (Å²) in [5.41, 5.74) is 2.27. The third kappa shape index (κ3) is 2.48. The van der Waals surface area contributed by atoms with Crippen LogP contribution >= 0.6 is 0 Å². The quantitative estimate of drug-likeness (QED) is 0.887. The van der Waals surface area contributed by atoms with Crippen molar-refractivity contribution in [3.05, 3.63) is 29.3 Å². The molecule has 0 amide bonds. The predicted molar refractivity (Wildman–Crippen MR) is 75.8 cm³/mol. The Labute approximate surface area is 120 Å². The Morgan fingerprint density at radius 3 is 2.50 bits per heavy atom. The van der Waals surface area contributed by atoms with Gasteiger partial charge in [-0.25, -0.2) is 8.42 Å². The van der Waals surface area contributed by atoms with E-state index in [-0.39, 0.29) is 12.2 Å². The van der Waals surface area contributed by atoms with Gasteiger partial charge in [0, 0.05) is 26.2 Å². The fourth-order valence-corrected chi connectivity index (χ4v) is 4.55. The summed E-state index contributed by atoms with van der Waals surface area (Å²) in [5.74, 6) is 0. The van der Waals surface area contributed by atoms with Crippen LogP contribution in [0.25, 0.3) is 0 Å². The highest BCUT2D eigenvalue weighted by atomic mass is 32.2. The Morgan fingerprint density at radius 2 is 1.80 bits per heavy atom. The van der Waals surface area contributed by atoms with E-state index in [0.717, 1.165) is 18.7 Å². The molecule has 0 saturated carbocycles. The molecule has 0 bridgehead atoms. The van der Waals surface area contributed by atoms with Gasteiger partial charge in [-0.1, -0.05) is 6.07 Å². The summed E-state index contributed by atoms with van der Waals surface area (Å²) in [6.45, 7) is 6.22. The van der Waals surface area contributed by atoms with Crippen LogP contribution in [0.15, 0.2) is 23.1 Å². The number of nitrogens with one attached hydrogen (secondary N) is 1. The minimum Gasteiger partial charge on any atom is -0.373 e. The smallest absolute Gasteiger partial charge is 0.243 e. The summed E-state index contributed by atoms with van der Waals surface area (Å²) in [5, 5.41) is 3.23. The average molecular weight is 296 g/mol. The van der Waals surface area contributed by atoms with Gasteiger partial charge in [-0.3, -0.25) is 0 Å².